The molecule has 6 heteroatoms. The number of rotatable bonds is 3. The Morgan fingerprint density at radius 1 is 1.42 bits per heavy atom. The van der Waals surface area contributed by atoms with Crippen LogP contribution in [0, 0.1) is 5.92 Å². The van der Waals surface area contributed by atoms with Crippen molar-refractivity contribution in [1.29, 1.82) is 0 Å². The molecule has 1 aliphatic carbocycles. The average molecular weight is 262 g/mol. The van der Waals surface area contributed by atoms with Gasteiger partial charge in [0.05, 0.1) is 5.92 Å². The summed E-state index contributed by atoms with van der Waals surface area (Å²) in [6.07, 6.45) is 6.48. The molecule has 2 heterocycles. The van der Waals surface area contributed by atoms with Crippen molar-refractivity contribution in [2.24, 2.45) is 18.7 Å². The normalized spacial score (nSPS) is 27.6. The van der Waals surface area contributed by atoms with Crippen LogP contribution in [-0.2, 0) is 16.6 Å². The van der Waals surface area contributed by atoms with Crippen molar-refractivity contribution in [3.8, 4) is 0 Å². The third kappa shape index (κ3) is 2.01. The van der Waals surface area contributed by atoms with Crippen LogP contribution in [0.15, 0.2) is 12.4 Å². The van der Waals surface area contributed by atoms with E-state index in [-0.39, 0.29) is 29.8 Å². The zero-order valence-corrected chi connectivity index (χ0v) is 11.0. The maximum absolute atomic E-state index is 12.2. The van der Waals surface area contributed by atoms with Crippen LogP contribution in [0.2, 0.25) is 0 Å². The molecule has 19 heavy (non-hydrogen) atoms. The second kappa shape index (κ2) is 4.36. The van der Waals surface area contributed by atoms with Gasteiger partial charge in [-0.1, -0.05) is 0 Å². The monoisotopic (exact) mass is 262 g/mol. The molecule has 2 amide bonds. The SMILES string of the molecule is Cn1ccnc1[C@@H]1[C@@H](C(N)=O)CCC(=O)N1C1CC1. The molecule has 3 rings (SSSR count). The van der Waals surface area contributed by atoms with Crippen LogP contribution in [0.4, 0.5) is 0 Å². The van der Waals surface area contributed by atoms with Crippen LogP contribution in [0.5, 0.6) is 0 Å². The number of piperidine rings is 1. The summed E-state index contributed by atoms with van der Waals surface area (Å²) in [6, 6.07) is -0.0393. The van der Waals surface area contributed by atoms with Gasteiger partial charge < -0.3 is 15.2 Å². The number of hydrogen-bond acceptors (Lipinski definition) is 3. The standard InChI is InChI=1S/C13H18N4O2/c1-16-7-6-15-13(16)11-9(12(14)19)4-5-10(18)17(11)8-2-3-8/h6-9,11H,2-5H2,1H3,(H2,14,19)/t9-,11-/m0/s1. The average Bonchev–Trinajstić information content (AvgIpc) is 3.10. The van der Waals surface area contributed by atoms with Crippen LogP contribution < -0.4 is 5.73 Å². The minimum atomic E-state index is -0.342. The number of aromatic nitrogens is 2. The Kier molecular flexibility index (Phi) is 2.80. The number of likely N-dealkylation sites (tertiary alicyclic amines) is 1. The third-order valence-corrected chi connectivity index (χ3v) is 4.07. The molecule has 6 nitrogen and oxygen atoms in total. The van der Waals surface area contributed by atoms with Crippen LogP contribution >= 0.6 is 0 Å². The van der Waals surface area contributed by atoms with E-state index in [1.807, 2.05) is 22.7 Å². The van der Waals surface area contributed by atoms with Crippen LogP contribution in [-0.4, -0.2) is 32.3 Å². The van der Waals surface area contributed by atoms with E-state index in [9.17, 15) is 9.59 Å². The van der Waals surface area contributed by atoms with Crippen molar-refractivity contribution in [3.05, 3.63) is 18.2 Å². The molecule has 0 unspecified atom stereocenters. The quantitative estimate of drug-likeness (QED) is 0.853. The predicted octanol–water partition coefficient (Wildman–Crippen LogP) is 0.347. The summed E-state index contributed by atoms with van der Waals surface area (Å²) in [5.74, 6) is 0.197. The van der Waals surface area contributed by atoms with Gasteiger partial charge in [0.2, 0.25) is 11.8 Å². The van der Waals surface area contributed by atoms with E-state index in [2.05, 4.69) is 4.98 Å². The van der Waals surface area contributed by atoms with Gasteiger partial charge in [-0.15, -0.1) is 0 Å². The fourth-order valence-electron chi connectivity index (χ4n) is 2.96. The molecule has 102 valence electrons. The van der Waals surface area contributed by atoms with E-state index in [1.54, 1.807) is 6.20 Å². The lowest BCUT2D eigenvalue weighted by molar-refractivity contribution is -0.143. The van der Waals surface area contributed by atoms with E-state index in [0.29, 0.717) is 12.8 Å². The van der Waals surface area contributed by atoms with Gasteiger partial charge in [-0.25, -0.2) is 4.98 Å². The first-order valence-corrected chi connectivity index (χ1v) is 6.67. The number of primary amides is 1. The lowest BCUT2D eigenvalue weighted by Gasteiger charge is -2.39. The van der Waals surface area contributed by atoms with Gasteiger partial charge in [-0.05, 0) is 19.3 Å². The Morgan fingerprint density at radius 2 is 2.16 bits per heavy atom. The number of nitrogens with two attached hydrogens (primary N) is 1. The molecule has 1 aliphatic heterocycles. The smallest absolute Gasteiger partial charge is 0.223 e. The van der Waals surface area contributed by atoms with Crippen molar-refractivity contribution >= 4 is 11.8 Å². The van der Waals surface area contributed by atoms with E-state index >= 15 is 0 Å². The molecule has 1 aromatic rings. The molecule has 2 aliphatic rings. The second-order valence-electron chi connectivity index (χ2n) is 5.42. The number of carbonyl (C=O) groups is 2. The fraction of sp³-hybridized carbons (Fsp3) is 0.615. The highest BCUT2D eigenvalue weighted by Gasteiger charge is 2.47. The summed E-state index contributed by atoms with van der Waals surface area (Å²) in [4.78, 5) is 30.1. The first kappa shape index (κ1) is 12.2. The highest BCUT2D eigenvalue weighted by Crippen LogP contribution is 2.42. The molecule has 2 N–H and O–H groups in total. The molecular formula is C13H18N4O2. The van der Waals surface area contributed by atoms with Gasteiger partial charge in [0.1, 0.15) is 11.9 Å². The number of nitrogens with zero attached hydrogens (tertiary/aromatic N) is 3. The molecule has 2 fully saturated rings. The lowest BCUT2D eigenvalue weighted by Crippen LogP contribution is -2.48. The summed E-state index contributed by atoms with van der Waals surface area (Å²) < 4.78 is 1.87. The van der Waals surface area contributed by atoms with E-state index in [1.165, 1.54) is 0 Å². The van der Waals surface area contributed by atoms with Gasteiger partial charge in [0, 0.05) is 31.9 Å². The van der Waals surface area contributed by atoms with Crippen molar-refractivity contribution in [2.75, 3.05) is 0 Å². The van der Waals surface area contributed by atoms with E-state index in [4.69, 9.17) is 5.73 Å². The number of amides is 2. The van der Waals surface area contributed by atoms with Crippen molar-refractivity contribution in [3.63, 3.8) is 0 Å². The minimum Gasteiger partial charge on any atom is -0.369 e. The van der Waals surface area contributed by atoms with Gasteiger partial charge in [0.25, 0.3) is 0 Å². The summed E-state index contributed by atoms with van der Waals surface area (Å²) in [5.41, 5.74) is 5.53. The van der Waals surface area contributed by atoms with E-state index < -0.39 is 0 Å². The molecule has 2 atom stereocenters. The third-order valence-electron chi connectivity index (χ3n) is 4.07. The maximum Gasteiger partial charge on any atom is 0.223 e. The molecule has 0 radical (unpaired) electrons. The van der Waals surface area contributed by atoms with Gasteiger partial charge >= 0.3 is 0 Å². The topological polar surface area (TPSA) is 81.2 Å². The van der Waals surface area contributed by atoms with Crippen molar-refractivity contribution in [2.45, 2.75) is 37.8 Å². The summed E-state index contributed by atoms with van der Waals surface area (Å²) in [5, 5.41) is 0. The number of imidazole rings is 1. The zero-order chi connectivity index (χ0) is 13.6. The van der Waals surface area contributed by atoms with Crippen molar-refractivity contribution < 1.29 is 9.59 Å². The van der Waals surface area contributed by atoms with Gasteiger partial charge in [-0.3, -0.25) is 9.59 Å². The molecule has 0 spiro atoms. The first-order valence-electron chi connectivity index (χ1n) is 6.67. The molecule has 0 bridgehead atoms. The molecule has 1 aromatic heterocycles. The number of hydrogen-bond donors (Lipinski definition) is 1. The van der Waals surface area contributed by atoms with Crippen LogP contribution in [0.1, 0.15) is 37.5 Å². The number of aryl methyl sites for hydroxylation is 1. The highest BCUT2D eigenvalue weighted by atomic mass is 16.2. The Labute approximate surface area is 111 Å². The minimum absolute atomic E-state index is 0.119. The number of carbonyl (C=O) groups excluding carboxylic acids is 2. The molecule has 1 saturated carbocycles. The van der Waals surface area contributed by atoms with Crippen molar-refractivity contribution in [1.82, 2.24) is 14.5 Å². The first-order chi connectivity index (χ1) is 9.09. The predicted molar refractivity (Wildman–Crippen MR) is 67.7 cm³/mol. The fourth-order valence-corrected chi connectivity index (χ4v) is 2.96. The molecule has 0 aromatic carbocycles. The Bertz CT molecular complexity index is 520. The molecular weight excluding hydrogens is 244 g/mol. The van der Waals surface area contributed by atoms with Gasteiger partial charge in [0.15, 0.2) is 0 Å². The highest BCUT2D eigenvalue weighted by molar-refractivity contribution is 5.84. The lowest BCUT2D eigenvalue weighted by atomic mass is 9.87. The van der Waals surface area contributed by atoms with Gasteiger partial charge in [-0.2, -0.15) is 0 Å². The van der Waals surface area contributed by atoms with Crippen LogP contribution in [0.3, 0.4) is 0 Å². The second-order valence-corrected chi connectivity index (χ2v) is 5.42. The zero-order valence-electron chi connectivity index (χ0n) is 11.0. The largest absolute Gasteiger partial charge is 0.369 e. The summed E-state index contributed by atoms with van der Waals surface area (Å²) >= 11 is 0. The Hall–Kier alpha value is -1.85. The summed E-state index contributed by atoms with van der Waals surface area (Å²) in [6.45, 7) is 0. The maximum atomic E-state index is 12.2. The molecule has 1 saturated heterocycles. The van der Waals surface area contributed by atoms with Crippen LogP contribution in [0.25, 0.3) is 0 Å². The van der Waals surface area contributed by atoms with E-state index in [0.717, 1.165) is 18.7 Å². The Morgan fingerprint density at radius 3 is 2.68 bits per heavy atom. The summed E-state index contributed by atoms with van der Waals surface area (Å²) in [7, 11) is 1.88. The Balaban J connectivity index is 2.02.